The zero-order valence-corrected chi connectivity index (χ0v) is 11.3. The van der Waals surface area contributed by atoms with Gasteiger partial charge in [-0.3, -0.25) is 19.2 Å². The summed E-state index contributed by atoms with van der Waals surface area (Å²) >= 11 is 0. The molecule has 2 saturated heterocycles. The van der Waals surface area contributed by atoms with E-state index in [4.69, 9.17) is 9.47 Å². The molecule has 0 aromatic heterocycles. The zero-order valence-electron chi connectivity index (χ0n) is 11.3. The molecule has 22 heavy (non-hydrogen) atoms. The molecule has 0 aromatic carbocycles. The quantitative estimate of drug-likeness (QED) is 0.450. The number of esters is 4. The third-order valence-electron chi connectivity index (χ3n) is 10.7. The Kier molecular flexibility index (Phi) is 0.668. The van der Waals surface area contributed by atoms with Crippen LogP contribution in [0.1, 0.15) is 25.7 Å². The molecule has 9 rings (SSSR count). The normalized spacial score (nSPS) is 82.5. The van der Waals surface area contributed by atoms with Gasteiger partial charge in [0.15, 0.2) is 0 Å². The number of ether oxygens (including phenoxy) is 2. The second-order valence-corrected chi connectivity index (χ2v) is 9.30. The summed E-state index contributed by atoms with van der Waals surface area (Å²) in [6.07, 6.45) is 2.80. The molecule has 6 heteroatoms. The number of hydrogen-bond donors (Lipinski definition) is 0. The van der Waals surface area contributed by atoms with Crippen LogP contribution in [0.5, 0.6) is 0 Å². The van der Waals surface area contributed by atoms with Crippen molar-refractivity contribution >= 4 is 23.9 Å². The second-order valence-electron chi connectivity index (χ2n) is 9.30. The van der Waals surface area contributed by atoms with Crippen molar-refractivity contribution in [2.24, 2.45) is 43.3 Å². The monoisotopic (exact) mass is 296 g/mol. The van der Waals surface area contributed by atoms with Crippen LogP contribution in [0.3, 0.4) is 0 Å². The van der Waals surface area contributed by atoms with E-state index in [1.807, 2.05) is 0 Å². The summed E-state index contributed by atoms with van der Waals surface area (Å²) in [5.41, 5.74) is -3.36. The Morgan fingerprint density at radius 3 is 0.955 bits per heavy atom. The fourth-order valence-electron chi connectivity index (χ4n) is 11.1. The third kappa shape index (κ3) is 0.294. The Balaban J connectivity index is 1.43. The van der Waals surface area contributed by atoms with Gasteiger partial charge in [-0.1, -0.05) is 0 Å². The Morgan fingerprint density at radius 1 is 0.500 bits per heavy atom. The largest absolute Gasteiger partial charge is 0.392 e. The van der Waals surface area contributed by atoms with Crippen molar-refractivity contribution in [3.63, 3.8) is 0 Å². The van der Waals surface area contributed by atoms with Gasteiger partial charge in [0, 0.05) is 21.7 Å². The summed E-state index contributed by atoms with van der Waals surface area (Å²) in [6, 6.07) is 0. The lowest BCUT2D eigenvalue weighted by Gasteiger charge is -2.73. The molecule has 8 spiro atoms. The molecule has 4 atom stereocenters. The van der Waals surface area contributed by atoms with E-state index < -0.39 is 21.7 Å². The predicted octanol–water partition coefficient (Wildman–Crippen LogP) is -0.300. The fourth-order valence-corrected chi connectivity index (χ4v) is 11.1. The highest BCUT2D eigenvalue weighted by Gasteiger charge is 3.38. The van der Waals surface area contributed by atoms with Crippen LogP contribution < -0.4 is 0 Å². The van der Waals surface area contributed by atoms with E-state index in [1.165, 1.54) is 0 Å². The molecule has 0 bridgehead atoms. The van der Waals surface area contributed by atoms with E-state index >= 15 is 0 Å². The van der Waals surface area contributed by atoms with Crippen LogP contribution in [-0.4, -0.2) is 23.9 Å². The minimum atomic E-state index is -0.632. The van der Waals surface area contributed by atoms with E-state index in [0.717, 1.165) is 0 Å². The van der Waals surface area contributed by atoms with Crippen LogP contribution in [-0.2, 0) is 28.7 Å². The molecule has 0 aromatic rings. The standard InChI is InChI=1S/C16H8O6/c17-5-9-1-13(9)14(2-10(9,14)6(18)21-5)16-4-12(16)8(20)22-7(19)11(12)3-15(11,13)16/h1-4H2. The summed E-state index contributed by atoms with van der Waals surface area (Å²) in [4.78, 5) is 49.5. The number of cyclic esters (lactones) is 4. The molecule has 0 amide bonds. The second kappa shape index (κ2) is 1.56. The van der Waals surface area contributed by atoms with Gasteiger partial charge in [-0.25, -0.2) is 0 Å². The third-order valence-corrected chi connectivity index (χ3v) is 10.7. The molecular weight excluding hydrogens is 288 g/mol. The van der Waals surface area contributed by atoms with Gasteiger partial charge in [0.2, 0.25) is 0 Å². The van der Waals surface area contributed by atoms with Gasteiger partial charge in [0.1, 0.15) is 0 Å². The van der Waals surface area contributed by atoms with E-state index in [0.29, 0.717) is 25.7 Å². The Bertz CT molecular complexity index is 813. The van der Waals surface area contributed by atoms with Gasteiger partial charge in [0.25, 0.3) is 0 Å². The summed E-state index contributed by atoms with van der Waals surface area (Å²) in [5, 5.41) is 0. The molecule has 9 fully saturated rings. The fraction of sp³-hybridized carbons (Fsp3) is 0.750. The smallest absolute Gasteiger partial charge is 0.321 e. The number of hydrogen-bond acceptors (Lipinski definition) is 6. The van der Waals surface area contributed by atoms with Crippen molar-refractivity contribution in [3.8, 4) is 0 Å². The summed E-state index contributed by atoms with van der Waals surface area (Å²) in [6.45, 7) is 0. The van der Waals surface area contributed by atoms with Crippen molar-refractivity contribution < 1.29 is 28.7 Å². The first-order chi connectivity index (χ1) is 10.4. The van der Waals surface area contributed by atoms with E-state index in [9.17, 15) is 19.2 Å². The highest BCUT2D eigenvalue weighted by Crippen LogP contribution is 3.35. The maximum absolute atomic E-state index is 12.4. The van der Waals surface area contributed by atoms with E-state index in [2.05, 4.69) is 0 Å². The molecule has 2 heterocycles. The Labute approximate surface area is 122 Å². The molecule has 0 N–H and O–H groups in total. The Morgan fingerprint density at radius 2 is 0.727 bits per heavy atom. The van der Waals surface area contributed by atoms with Crippen LogP contribution in [0.25, 0.3) is 0 Å². The molecule has 7 aliphatic carbocycles. The van der Waals surface area contributed by atoms with Gasteiger partial charge < -0.3 is 9.47 Å². The molecule has 9 aliphatic rings. The predicted molar refractivity (Wildman–Crippen MR) is 60.1 cm³/mol. The van der Waals surface area contributed by atoms with Crippen molar-refractivity contribution in [1.29, 1.82) is 0 Å². The SMILES string of the molecule is O=C1OC(=O)C23CC24C2(CC132)C12CC13C(=O)OC(=O)C31CC142. The average molecular weight is 296 g/mol. The number of carbonyl (C=O) groups excluding carboxylic acids is 4. The zero-order chi connectivity index (χ0) is 14.6. The highest BCUT2D eigenvalue weighted by atomic mass is 16.6. The topological polar surface area (TPSA) is 86.7 Å². The molecule has 2 aliphatic heterocycles. The molecule has 6 nitrogen and oxygen atoms in total. The van der Waals surface area contributed by atoms with Gasteiger partial charge in [-0.05, 0) is 25.7 Å². The lowest BCUT2D eigenvalue weighted by atomic mass is 9.25. The molecular formula is C16H8O6. The van der Waals surface area contributed by atoms with Crippen LogP contribution in [0.2, 0.25) is 0 Å². The lowest BCUT2D eigenvalue weighted by Crippen LogP contribution is -2.77. The first-order valence-electron chi connectivity index (χ1n) is 7.96. The highest BCUT2D eigenvalue weighted by molar-refractivity contribution is 6.21. The minimum Gasteiger partial charge on any atom is -0.392 e. The van der Waals surface area contributed by atoms with Crippen molar-refractivity contribution in [2.75, 3.05) is 0 Å². The van der Waals surface area contributed by atoms with Crippen LogP contribution in [0.15, 0.2) is 0 Å². The summed E-state index contributed by atoms with van der Waals surface area (Å²) in [7, 11) is 0. The maximum atomic E-state index is 12.4. The van der Waals surface area contributed by atoms with E-state index in [-0.39, 0.29) is 45.5 Å². The van der Waals surface area contributed by atoms with Gasteiger partial charge in [-0.2, -0.15) is 0 Å². The van der Waals surface area contributed by atoms with Gasteiger partial charge in [-0.15, -0.1) is 0 Å². The number of carbonyl (C=O) groups is 4. The molecule has 7 saturated carbocycles. The van der Waals surface area contributed by atoms with Crippen LogP contribution >= 0.6 is 0 Å². The first kappa shape index (κ1) is 9.43. The first-order valence-corrected chi connectivity index (χ1v) is 7.96. The Hall–Kier alpha value is -1.72. The number of rotatable bonds is 0. The minimum absolute atomic E-state index is 0.208. The lowest BCUT2D eigenvalue weighted by molar-refractivity contribution is -0.298. The molecule has 0 radical (unpaired) electrons. The van der Waals surface area contributed by atoms with Crippen molar-refractivity contribution in [3.05, 3.63) is 0 Å². The van der Waals surface area contributed by atoms with Crippen molar-refractivity contribution in [2.45, 2.75) is 25.7 Å². The average Bonchev–Trinajstić information content (AvgIpc) is 3.31. The van der Waals surface area contributed by atoms with Gasteiger partial charge >= 0.3 is 23.9 Å². The summed E-state index contributed by atoms with van der Waals surface area (Å²) in [5.74, 6) is -1.42. The van der Waals surface area contributed by atoms with Gasteiger partial charge in [0.05, 0.1) is 21.7 Å². The summed E-state index contributed by atoms with van der Waals surface area (Å²) < 4.78 is 10.1. The molecule has 108 valence electrons. The van der Waals surface area contributed by atoms with Crippen LogP contribution in [0.4, 0.5) is 0 Å². The van der Waals surface area contributed by atoms with Crippen molar-refractivity contribution in [1.82, 2.24) is 0 Å². The maximum Gasteiger partial charge on any atom is 0.321 e. The molecule has 4 unspecified atom stereocenters. The van der Waals surface area contributed by atoms with E-state index in [1.54, 1.807) is 0 Å². The van der Waals surface area contributed by atoms with Crippen LogP contribution in [0, 0.1) is 43.3 Å².